The Balaban J connectivity index is 1.66. The summed E-state index contributed by atoms with van der Waals surface area (Å²) in [7, 11) is 9.07. The van der Waals surface area contributed by atoms with Crippen LogP contribution in [0.3, 0.4) is 0 Å². The van der Waals surface area contributed by atoms with Crippen molar-refractivity contribution in [1.82, 2.24) is 0 Å². The van der Waals surface area contributed by atoms with Gasteiger partial charge in [0.1, 0.15) is 23.0 Å². The second-order valence-electron chi connectivity index (χ2n) is 11.5. The molecule has 5 rings (SSSR count). The van der Waals surface area contributed by atoms with Gasteiger partial charge in [0, 0.05) is 29.3 Å². The van der Waals surface area contributed by atoms with Crippen LogP contribution in [0.25, 0.3) is 40.4 Å². The SMILES string of the molecule is COC(=O)c1cc(OC)c(-c2sc(-c3sc(-c4sc(-c5c(OC)cc(C(=O)OC)cc5OC)c(C)c4C)c(C)c3C)c(C)c2C)c(OC)c1. The first-order valence-corrected chi connectivity index (χ1v) is 17.8. The third-order valence-electron chi connectivity index (χ3n) is 9.06. The van der Waals surface area contributed by atoms with Crippen molar-refractivity contribution in [3.8, 4) is 63.4 Å². The molecule has 0 aliphatic carbocycles. The van der Waals surface area contributed by atoms with Gasteiger partial charge in [0.15, 0.2) is 0 Å². The Hall–Kier alpha value is -4.32. The van der Waals surface area contributed by atoms with E-state index in [4.69, 9.17) is 28.4 Å². The minimum atomic E-state index is -0.461. The number of thiophene rings is 3. The highest BCUT2D eigenvalue weighted by Crippen LogP contribution is 2.55. The van der Waals surface area contributed by atoms with Crippen LogP contribution < -0.4 is 18.9 Å². The zero-order valence-corrected chi connectivity index (χ0v) is 32.2. The van der Waals surface area contributed by atoms with Gasteiger partial charge in [0.2, 0.25) is 0 Å². The van der Waals surface area contributed by atoms with E-state index >= 15 is 0 Å². The van der Waals surface area contributed by atoms with Gasteiger partial charge in [-0.2, -0.15) is 0 Å². The van der Waals surface area contributed by atoms with Gasteiger partial charge in [0.05, 0.1) is 64.9 Å². The monoisotopic (exact) mass is 720 g/mol. The van der Waals surface area contributed by atoms with E-state index in [1.165, 1.54) is 56.0 Å². The molecule has 0 radical (unpaired) electrons. The van der Waals surface area contributed by atoms with Crippen molar-refractivity contribution < 1.29 is 38.0 Å². The van der Waals surface area contributed by atoms with Crippen LogP contribution in [0.4, 0.5) is 0 Å². The summed E-state index contributed by atoms with van der Waals surface area (Å²) in [6.07, 6.45) is 0. The molecule has 0 aliphatic heterocycles. The molecular weight excluding hydrogens is 681 g/mol. The normalized spacial score (nSPS) is 11.0. The molecule has 0 atom stereocenters. The number of carbonyl (C=O) groups excluding carboxylic acids is 2. The molecule has 0 fully saturated rings. The molecule has 0 saturated heterocycles. The fourth-order valence-corrected chi connectivity index (χ4v) is 10.4. The van der Waals surface area contributed by atoms with Gasteiger partial charge in [0.25, 0.3) is 0 Å². The Labute approximate surface area is 299 Å². The van der Waals surface area contributed by atoms with Crippen LogP contribution in [0.5, 0.6) is 23.0 Å². The molecule has 3 heterocycles. The number of hydrogen-bond acceptors (Lipinski definition) is 11. The number of ether oxygens (including phenoxy) is 6. The second kappa shape index (κ2) is 14.3. The van der Waals surface area contributed by atoms with E-state index in [1.54, 1.807) is 86.7 Å². The molecule has 49 heavy (non-hydrogen) atoms. The molecule has 3 aromatic heterocycles. The molecule has 0 N–H and O–H groups in total. The summed E-state index contributed by atoms with van der Waals surface area (Å²) >= 11 is 5.18. The lowest BCUT2D eigenvalue weighted by molar-refractivity contribution is 0.0591. The largest absolute Gasteiger partial charge is 0.496 e. The summed E-state index contributed by atoms with van der Waals surface area (Å²) in [5.41, 5.74) is 9.36. The molecule has 0 saturated carbocycles. The minimum absolute atomic E-state index is 0.358. The zero-order valence-electron chi connectivity index (χ0n) is 29.8. The van der Waals surface area contributed by atoms with Gasteiger partial charge < -0.3 is 28.4 Å². The van der Waals surface area contributed by atoms with Crippen LogP contribution in [0.1, 0.15) is 54.1 Å². The third-order valence-corrected chi connectivity index (χ3v) is 13.6. The number of carbonyl (C=O) groups is 2. The fourth-order valence-electron chi connectivity index (χ4n) is 5.87. The van der Waals surface area contributed by atoms with Crippen molar-refractivity contribution in [3.05, 3.63) is 68.8 Å². The smallest absolute Gasteiger partial charge is 0.338 e. The van der Waals surface area contributed by atoms with Crippen molar-refractivity contribution in [2.24, 2.45) is 0 Å². The first kappa shape index (κ1) is 36.0. The molecule has 0 unspecified atom stereocenters. The highest BCUT2D eigenvalue weighted by Gasteiger charge is 2.28. The molecule has 0 aliphatic rings. The van der Waals surface area contributed by atoms with E-state index in [1.807, 2.05) is 0 Å². The quantitative estimate of drug-likeness (QED) is 0.132. The Morgan fingerprint density at radius 2 is 0.633 bits per heavy atom. The Bertz CT molecular complexity index is 1900. The molecule has 0 spiro atoms. The number of esters is 2. The van der Waals surface area contributed by atoms with Crippen LogP contribution in [-0.4, -0.2) is 54.6 Å². The van der Waals surface area contributed by atoms with Crippen LogP contribution >= 0.6 is 34.0 Å². The summed E-state index contributed by atoms with van der Waals surface area (Å²) in [6, 6.07) is 6.79. The average Bonchev–Trinajstić information content (AvgIpc) is 3.69. The maximum Gasteiger partial charge on any atom is 0.338 e. The van der Waals surface area contributed by atoms with E-state index in [-0.39, 0.29) is 0 Å². The van der Waals surface area contributed by atoms with Crippen LogP contribution in [0.2, 0.25) is 0 Å². The second-order valence-corrected chi connectivity index (χ2v) is 14.6. The Morgan fingerprint density at radius 1 is 0.408 bits per heavy atom. The predicted octanol–water partition coefficient (Wildman–Crippen LogP) is 10.00. The van der Waals surface area contributed by atoms with Gasteiger partial charge in [-0.3, -0.25) is 0 Å². The molecular formula is C38H40O8S3. The fraction of sp³-hybridized carbons (Fsp3) is 0.316. The predicted molar refractivity (Wildman–Crippen MR) is 199 cm³/mol. The Kier molecular flexibility index (Phi) is 10.5. The van der Waals surface area contributed by atoms with E-state index < -0.39 is 11.9 Å². The Morgan fingerprint density at radius 3 is 0.857 bits per heavy atom. The molecule has 11 heteroatoms. The number of hydrogen-bond donors (Lipinski definition) is 0. The minimum Gasteiger partial charge on any atom is -0.496 e. The van der Waals surface area contributed by atoms with Crippen molar-refractivity contribution in [2.75, 3.05) is 42.7 Å². The first-order valence-electron chi connectivity index (χ1n) is 15.4. The average molecular weight is 721 g/mol. The van der Waals surface area contributed by atoms with Crippen LogP contribution in [0.15, 0.2) is 24.3 Å². The summed E-state index contributed by atoms with van der Waals surface area (Å²) in [4.78, 5) is 31.6. The lowest BCUT2D eigenvalue weighted by Crippen LogP contribution is -2.03. The summed E-state index contributed by atoms with van der Waals surface area (Å²) in [5.74, 6) is 1.24. The first-order chi connectivity index (χ1) is 23.4. The number of benzene rings is 2. The summed E-state index contributed by atoms with van der Waals surface area (Å²) in [6.45, 7) is 12.9. The van der Waals surface area contributed by atoms with Crippen LogP contribution in [-0.2, 0) is 9.47 Å². The maximum atomic E-state index is 12.4. The standard InChI is InChI=1S/C38H40O8S3/c1-17-19(3)33(47-31(17)29-25(41-7)13-23(37(39)45-11)14-26(29)42-8)35-21(5)22(6)36(49-35)34-20(4)18(2)32(48-34)30-27(43-9)15-24(38(40)46-12)16-28(30)44-10/h13-16H,1-12H3. The third kappa shape index (κ3) is 6.08. The van der Waals surface area contributed by atoms with Crippen molar-refractivity contribution >= 4 is 45.9 Å². The summed E-state index contributed by atoms with van der Waals surface area (Å²) in [5, 5.41) is 0. The molecule has 258 valence electrons. The molecule has 0 amide bonds. The number of rotatable bonds is 10. The van der Waals surface area contributed by atoms with E-state index in [2.05, 4.69) is 41.5 Å². The van der Waals surface area contributed by atoms with Crippen molar-refractivity contribution in [1.29, 1.82) is 0 Å². The lowest BCUT2D eigenvalue weighted by atomic mass is 10.0. The van der Waals surface area contributed by atoms with Crippen LogP contribution in [0, 0.1) is 41.5 Å². The maximum absolute atomic E-state index is 12.4. The number of methoxy groups -OCH3 is 6. The van der Waals surface area contributed by atoms with Gasteiger partial charge in [-0.25, -0.2) is 9.59 Å². The van der Waals surface area contributed by atoms with Crippen molar-refractivity contribution in [3.63, 3.8) is 0 Å². The lowest BCUT2D eigenvalue weighted by Gasteiger charge is -2.14. The highest BCUT2D eigenvalue weighted by molar-refractivity contribution is 7.28. The molecule has 0 bridgehead atoms. The van der Waals surface area contributed by atoms with Gasteiger partial charge in [-0.05, 0) is 99.2 Å². The van der Waals surface area contributed by atoms with E-state index in [0.717, 1.165) is 32.0 Å². The summed E-state index contributed by atoms with van der Waals surface area (Å²) < 4.78 is 33.1. The van der Waals surface area contributed by atoms with Gasteiger partial charge in [-0.1, -0.05) is 0 Å². The molecule has 2 aromatic carbocycles. The highest BCUT2D eigenvalue weighted by atomic mass is 32.1. The molecule has 8 nitrogen and oxygen atoms in total. The van der Waals surface area contributed by atoms with Crippen molar-refractivity contribution in [2.45, 2.75) is 41.5 Å². The van der Waals surface area contributed by atoms with Gasteiger partial charge >= 0.3 is 11.9 Å². The zero-order chi connectivity index (χ0) is 35.9. The van der Waals surface area contributed by atoms with E-state index in [0.29, 0.717) is 34.1 Å². The van der Waals surface area contributed by atoms with Gasteiger partial charge in [-0.15, -0.1) is 34.0 Å². The molecule has 5 aromatic rings. The topological polar surface area (TPSA) is 89.5 Å². The van der Waals surface area contributed by atoms with E-state index in [9.17, 15) is 9.59 Å².